The van der Waals surface area contributed by atoms with Crippen LogP contribution in [0.4, 0.5) is 4.79 Å². The lowest BCUT2D eigenvalue weighted by molar-refractivity contribution is 0.00709. The molecule has 1 amide bonds. The number of hydrogen-bond acceptors (Lipinski definition) is 5. The molecule has 21 heavy (non-hydrogen) atoms. The monoisotopic (exact) mass is 293 g/mol. The van der Waals surface area contributed by atoms with Gasteiger partial charge in [-0.2, -0.15) is 0 Å². The van der Waals surface area contributed by atoms with E-state index in [1.54, 1.807) is 17.3 Å². The van der Waals surface area contributed by atoms with Gasteiger partial charge in [0.15, 0.2) is 0 Å². The average Bonchev–Trinajstić information content (AvgIpc) is 2.40. The maximum atomic E-state index is 12.1. The van der Waals surface area contributed by atoms with E-state index in [0.29, 0.717) is 19.0 Å². The summed E-state index contributed by atoms with van der Waals surface area (Å²) in [6.07, 6.45) is 4.68. The molecule has 0 spiro atoms. The van der Waals surface area contributed by atoms with Crippen molar-refractivity contribution in [2.75, 3.05) is 13.1 Å². The number of piperidine rings is 1. The Morgan fingerprint density at radius 1 is 1.33 bits per heavy atom. The van der Waals surface area contributed by atoms with Gasteiger partial charge in [-0.3, -0.25) is 4.98 Å². The van der Waals surface area contributed by atoms with Crippen molar-refractivity contribution < 1.29 is 14.3 Å². The molecule has 0 radical (unpaired) electrons. The van der Waals surface area contributed by atoms with Crippen molar-refractivity contribution in [1.29, 1.82) is 0 Å². The number of aromatic nitrogens is 2. The first-order valence-corrected chi connectivity index (χ1v) is 7.27. The Labute approximate surface area is 125 Å². The highest BCUT2D eigenvalue weighted by atomic mass is 16.6. The molecule has 0 aromatic carbocycles. The molecule has 1 atom stereocenters. The third kappa shape index (κ3) is 4.58. The summed E-state index contributed by atoms with van der Waals surface area (Å²) < 4.78 is 11.3. The molecule has 2 heterocycles. The van der Waals surface area contributed by atoms with Gasteiger partial charge in [0.25, 0.3) is 0 Å². The number of amides is 1. The average molecular weight is 293 g/mol. The van der Waals surface area contributed by atoms with Crippen molar-refractivity contribution in [3.05, 3.63) is 18.1 Å². The van der Waals surface area contributed by atoms with Crippen molar-refractivity contribution >= 4 is 6.09 Å². The van der Waals surface area contributed by atoms with Crippen molar-refractivity contribution in [3.63, 3.8) is 0 Å². The first-order chi connectivity index (χ1) is 9.85. The molecule has 6 heteroatoms. The van der Waals surface area contributed by atoms with Crippen LogP contribution in [-0.2, 0) is 4.74 Å². The molecule has 2 rings (SSSR count). The van der Waals surface area contributed by atoms with E-state index < -0.39 is 5.60 Å². The normalized spacial score (nSPS) is 19.2. The van der Waals surface area contributed by atoms with Gasteiger partial charge < -0.3 is 14.4 Å². The van der Waals surface area contributed by atoms with E-state index in [-0.39, 0.29) is 12.2 Å². The molecular weight excluding hydrogens is 270 g/mol. The largest absolute Gasteiger partial charge is 0.471 e. The van der Waals surface area contributed by atoms with E-state index >= 15 is 0 Å². The van der Waals surface area contributed by atoms with Crippen LogP contribution in [0.15, 0.2) is 12.4 Å². The highest BCUT2D eigenvalue weighted by Crippen LogP contribution is 2.20. The molecule has 116 valence electrons. The highest BCUT2D eigenvalue weighted by Gasteiger charge is 2.29. The molecule has 1 aliphatic heterocycles. The third-order valence-electron chi connectivity index (χ3n) is 3.14. The summed E-state index contributed by atoms with van der Waals surface area (Å²) in [5.74, 6) is 0.536. The molecule has 1 aromatic heterocycles. The van der Waals surface area contributed by atoms with E-state index in [1.807, 2.05) is 27.7 Å². The zero-order valence-electron chi connectivity index (χ0n) is 13.1. The van der Waals surface area contributed by atoms with E-state index in [0.717, 1.165) is 18.5 Å². The fourth-order valence-electron chi connectivity index (χ4n) is 2.20. The Bertz CT molecular complexity index is 499. The number of aryl methyl sites for hydroxylation is 1. The number of hydrogen-bond donors (Lipinski definition) is 0. The van der Waals surface area contributed by atoms with Crippen LogP contribution in [0.2, 0.25) is 0 Å². The highest BCUT2D eigenvalue weighted by molar-refractivity contribution is 5.68. The Morgan fingerprint density at radius 3 is 2.71 bits per heavy atom. The van der Waals surface area contributed by atoms with Gasteiger partial charge >= 0.3 is 6.09 Å². The Balaban J connectivity index is 1.95. The minimum atomic E-state index is -0.480. The lowest BCUT2D eigenvalue weighted by atomic mass is 10.1. The van der Waals surface area contributed by atoms with Crippen LogP contribution < -0.4 is 4.74 Å². The van der Waals surface area contributed by atoms with Gasteiger partial charge in [-0.15, -0.1) is 0 Å². The fraction of sp³-hybridized carbons (Fsp3) is 0.667. The smallest absolute Gasteiger partial charge is 0.410 e. The van der Waals surface area contributed by atoms with E-state index in [1.165, 1.54) is 0 Å². The maximum Gasteiger partial charge on any atom is 0.410 e. The van der Waals surface area contributed by atoms with E-state index in [9.17, 15) is 4.79 Å². The van der Waals surface area contributed by atoms with Gasteiger partial charge in [0, 0.05) is 18.9 Å². The number of carbonyl (C=O) groups is 1. The summed E-state index contributed by atoms with van der Waals surface area (Å²) in [7, 11) is 0. The summed E-state index contributed by atoms with van der Waals surface area (Å²) in [5, 5.41) is 0. The van der Waals surface area contributed by atoms with Crippen molar-refractivity contribution in [2.45, 2.75) is 52.2 Å². The fourth-order valence-corrected chi connectivity index (χ4v) is 2.20. The van der Waals surface area contributed by atoms with Crippen LogP contribution in [0.1, 0.15) is 39.3 Å². The summed E-state index contributed by atoms with van der Waals surface area (Å²) in [4.78, 5) is 22.1. The van der Waals surface area contributed by atoms with E-state index in [4.69, 9.17) is 9.47 Å². The van der Waals surface area contributed by atoms with Gasteiger partial charge in [-0.1, -0.05) is 0 Å². The number of carbonyl (C=O) groups excluding carboxylic acids is 1. The Kier molecular flexibility index (Phi) is 4.65. The SMILES string of the molecule is Cc1nccnc1O[C@@H]1CCCN(C(=O)OC(C)(C)C)C1. The first-order valence-electron chi connectivity index (χ1n) is 7.27. The molecule has 0 aliphatic carbocycles. The topological polar surface area (TPSA) is 64.6 Å². The number of ether oxygens (including phenoxy) is 2. The summed E-state index contributed by atoms with van der Waals surface area (Å²) in [5.41, 5.74) is 0.277. The van der Waals surface area contributed by atoms with Gasteiger partial charge in [-0.25, -0.2) is 9.78 Å². The minimum absolute atomic E-state index is 0.0679. The van der Waals surface area contributed by atoms with Gasteiger partial charge in [0.05, 0.1) is 12.2 Å². The standard InChI is InChI=1S/C15H23N3O3/c1-11-13(17-8-7-16-11)20-12-6-5-9-18(10-12)14(19)21-15(2,3)4/h7-8,12H,5-6,9-10H2,1-4H3/t12-/m1/s1. The quantitative estimate of drug-likeness (QED) is 0.838. The van der Waals surface area contributed by atoms with Crippen LogP contribution >= 0.6 is 0 Å². The lowest BCUT2D eigenvalue weighted by Crippen LogP contribution is -2.46. The predicted molar refractivity (Wildman–Crippen MR) is 78.2 cm³/mol. The van der Waals surface area contributed by atoms with Gasteiger partial charge in [0.2, 0.25) is 5.88 Å². The zero-order chi connectivity index (χ0) is 15.5. The maximum absolute atomic E-state index is 12.1. The second kappa shape index (κ2) is 6.28. The summed E-state index contributed by atoms with van der Waals surface area (Å²) in [6.45, 7) is 8.68. The van der Waals surface area contributed by atoms with E-state index in [2.05, 4.69) is 9.97 Å². The van der Waals surface area contributed by atoms with Crippen molar-refractivity contribution in [3.8, 4) is 5.88 Å². The van der Waals surface area contributed by atoms with Crippen LogP contribution in [-0.4, -0.2) is 45.8 Å². The molecule has 0 unspecified atom stereocenters. The Hall–Kier alpha value is -1.85. The molecule has 0 saturated carbocycles. The van der Waals surface area contributed by atoms with Crippen LogP contribution in [0.25, 0.3) is 0 Å². The summed E-state index contributed by atoms with van der Waals surface area (Å²) >= 11 is 0. The molecule has 0 N–H and O–H groups in total. The second-order valence-electron chi connectivity index (χ2n) is 6.26. The number of nitrogens with zero attached hydrogens (tertiary/aromatic N) is 3. The number of rotatable bonds is 2. The van der Waals surface area contributed by atoms with Gasteiger partial charge in [-0.05, 0) is 40.5 Å². The first kappa shape index (κ1) is 15.5. The van der Waals surface area contributed by atoms with Crippen LogP contribution in [0.5, 0.6) is 5.88 Å². The molecule has 1 aliphatic rings. The number of likely N-dealkylation sites (tertiary alicyclic amines) is 1. The lowest BCUT2D eigenvalue weighted by Gasteiger charge is -2.34. The Morgan fingerprint density at radius 2 is 2.05 bits per heavy atom. The predicted octanol–water partition coefficient (Wildman–Crippen LogP) is 2.56. The zero-order valence-corrected chi connectivity index (χ0v) is 13.1. The van der Waals surface area contributed by atoms with Crippen LogP contribution in [0.3, 0.4) is 0 Å². The summed E-state index contributed by atoms with van der Waals surface area (Å²) in [6, 6.07) is 0. The molecule has 1 saturated heterocycles. The molecule has 6 nitrogen and oxygen atoms in total. The third-order valence-corrected chi connectivity index (χ3v) is 3.14. The molecular formula is C15H23N3O3. The molecule has 0 bridgehead atoms. The van der Waals surface area contributed by atoms with Gasteiger partial charge in [0.1, 0.15) is 11.7 Å². The van der Waals surface area contributed by atoms with Crippen LogP contribution in [0, 0.1) is 6.92 Å². The second-order valence-corrected chi connectivity index (χ2v) is 6.26. The minimum Gasteiger partial charge on any atom is -0.471 e. The molecule has 1 fully saturated rings. The van der Waals surface area contributed by atoms with Crippen molar-refractivity contribution in [2.24, 2.45) is 0 Å². The van der Waals surface area contributed by atoms with Crippen molar-refractivity contribution in [1.82, 2.24) is 14.9 Å². The molecule has 1 aromatic rings.